The van der Waals surface area contributed by atoms with E-state index in [1.54, 1.807) is 7.11 Å². The number of carbonyl (C=O) groups excluding carboxylic acids is 1. The first-order valence-electron chi connectivity index (χ1n) is 5.54. The molecule has 1 fully saturated rings. The first-order valence-corrected chi connectivity index (χ1v) is 5.54. The summed E-state index contributed by atoms with van der Waals surface area (Å²) in [5, 5.41) is 0. The molecule has 2 atom stereocenters. The van der Waals surface area contributed by atoms with Gasteiger partial charge in [0.15, 0.2) is 5.78 Å². The molecular formula is C11H20O4. The fraction of sp³-hybridized carbons (Fsp3) is 0.909. The highest BCUT2D eigenvalue weighted by Crippen LogP contribution is 2.23. The van der Waals surface area contributed by atoms with Crippen molar-refractivity contribution >= 4 is 5.78 Å². The minimum atomic E-state index is -0.313. The second-order valence-corrected chi connectivity index (χ2v) is 3.72. The number of Topliss-reactive ketones (excluding diaryl/α,β-unsaturated/α-hetero) is 1. The summed E-state index contributed by atoms with van der Waals surface area (Å²) in [6.07, 6.45) is 1.96. The van der Waals surface area contributed by atoms with Gasteiger partial charge in [-0.3, -0.25) is 4.79 Å². The second-order valence-electron chi connectivity index (χ2n) is 3.72. The lowest BCUT2D eigenvalue weighted by molar-refractivity contribution is -0.166. The van der Waals surface area contributed by atoms with Gasteiger partial charge in [-0.1, -0.05) is 6.92 Å². The first kappa shape index (κ1) is 12.6. The molecule has 0 heterocycles. The fourth-order valence-corrected chi connectivity index (χ4v) is 1.50. The predicted molar refractivity (Wildman–Crippen MR) is 55.9 cm³/mol. The van der Waals surface area contributed by atoms with Gasteiger partial charge in [-0.15, -0.1) is 0 Å². The number of hydrogen-bond acceptors (Lipinski definition) is 4. The van der Waals surface area contributed by atoms with Gasteiger partial charge in [0.2, 0.25) is 0 Å². The molecule has 0 N–H and O–H groups in total. The Morgan fingerprint density at radius 1 is 1.27 bits per heavy atom. The lowest BCUT2D eigenvalue weighted by Crippen LogP contribution is -2.50. The summed E-state index contributed by atoms with van der Waals surface area (Å²) in [5.74, 6) is 0.167. The molecule has 15 heavy (non-hydrogen) atoms. The minimum Gasteiger partial charge on any atom is -0.385 e. The first-order chi connectivity index (χ1) is 7.29. The van der Waals surface area contributed by atoms with E-state index in [2.05, 4.69) is 0 Å². The molecule has 1 rings (SSSR count). The van der Waals surface area contributed by atoms with Crippen LogP contribution in [0.1, 0.15) is 26.2 Å². The number of hydrogen-bond donors (Lipinski definition) is 0. The van der Waals surface area contributed by atoms with Crippen LogP contribution in [0.2, 0.25) is 0 Å². The highest BCUT2D eigenvalue weighted by atomic mass is 16.5. The van der Waals surface area contributed by atoms with Gasteiger partial charge in [-0.25, -0.2) is 0 Å². The average Bonchev–Trinajstić information content (AvgIpc) is 2.23. The standard InChI is InChI=1S/C11H20O4/c1-3-5-15-11-9(12)8-10(11)14-7-4-6-13-2/h10-11H,3-8H2,1-2H3. The van der Waals surface area contributed by atoms with Crippen molar-refractivity contribution in [2.24, 2.45) is 0 Å². The SMILES string of the molecule is CCCOC1C(=O)CC1OCCCOC. The maximum absolute atomic E-state index is 11.2. The molecule has 0 saturated heterocycles. The molecular weight excluding hydrogens is 196 g/mol. The van der Waals surface area contributed by atoms with E-state index >= 15 is 0 Å². The van der Waals surface area contributed by atoms with Gasteiger partial charge in [-0.2, -0.15) is 0 Å². The van der Waals surface area contributed by atoms with Crippen molar-refractivity contribution in [1.29, 1.82) is 0 Å². The van der Waals surface area contributed by atoms with Crippen LogP contribution in [0.25, 0.3) is 0 Å². The Hall–Kier alpha value is -0.450. The Morgan fingerprint density at radius 3 is 2.67 bits per heavy atom. The van der Waals surface area contributed by atoms with E-state index in [9.17, 15) is 4.79 Å². The molecule has 4 nitrogen and oxygen atoms in total. The quantitative estimate of drug-likeness (QED) is 0.571. The zero-order valence-corrected chi connectivity index (χ0v) is 9.53. The highest BCUT2D eigenvalue weighted by Gasteiger charge is 2.41. The van der Waals surface area contributed by atoms with Crippen LogP contribution < -0.4 is 0 Å². The van der Waals surface area contributed by atoms with Crippen LogP contribution in [0.15, 0.2) is 0 Å². The van der Waals surface area contributed by atoms with Crippen LogP contribution in [0, 0.1) is 0 Å². The Morgan fingerprint density at radius 2 is 2.07 bits per heavy atom. The normalized spacial score (nSPS) is 25.3. The largest absolute Gasteiger partial charge is 0.385 e. The topological polar surface area (TPSA) is 44.8 Å². The monoisotopic (exact) mass is 216 g/mol. The molecule has 0 radical (unpaired) electrons. The molecule has 0 bridgehead atoms. The molecule has 1 aliphatic rings. The molecule has 0 aromatic heterocycles. The number of methoxy groups -OCH3 is 1. The number of ether oxygens (including phenoxy) is 3. The Labute approximate surface area is 90.9 Å². The third-order valence-corrected chi connectivity index (χ3v) is 2.38. The summed E-state index contributed by atoms with van der Waals surface area (Å²) in [4.78, 5) is 11.2. The van der Waals surface area contributed by atoms with Crippen molar-refractivity contribution in [3.63, 3.8) is 0 Å². The van der Waals surface area contributed by atoms with E-state index in [-0.39, 0.29) is 18.0 Å². The van der Waals surface area contributed by atoms with E-state index in [0.29, 0.717) is 26.2 Å². The van der Waals surface area contributed by atoms with Crippen LogP contribution in [0.4, 0.5) is 0 Å². The van der Waals surface area contributed by atoms with Crippen LogP contribution in [0.5, 0.6) is 0 Å². The van der Waals surface area contributed by atoms with E-state index in [4.69, 9.17) is 14.2 Å². The lowest BCUT2D eigenvalue weighted by atomic mass is 9.90. The Balaban J connectivity index is 2.10. The molecule has 88 valence electrons. The van der Waals surface area contributed by atoms with Crippen molar-refractivity contribution in [3.05, 3.63) is 0 Å². The number of rotatable bonds is 8. The minimum absolute atomic E-state index is 0.0269. The number of carbonyl (C=O) groups is 1. The van der Waals surface area contributed by atoms with Crippen LogP contribution in [0.3, 0.4) is 0 Å². The van der Waals surface area contributed by atoms with E-state index in [1.807, 2.05) is 6.92 Å². The smallest absolute Gasteiger partial charge is 0.166 e. The summed E-state index contributed by atoms with van der Waals surface area (Å²) in [6, 6.07) is 0. The fourth-order valence-electron chi connectivity index (χ4n) is 1.50. The van der Waals surface area contributed by atoms with Gasteiger partial charge >= 0.3 is 0 Å². The molecule has 0 aromatic rings. The van der Waals surface area contributed by atoms with E-state index in [0.717, 1.165) is 12.8 Å². The second kappa shape index (κ2) is 6.93. The third kappa shape index (κ3) is 3.89. The Kier molecular flexibility index (Phi) is 5.83. The summed E-state index contributed by atoms with van der Waals surface area (Å²) >= 11 is 0. The lowest BCUT2D eigenvalue weighted by Gasteiger charge is -2.34. The van der Waals surface area contributed by atoms with Crippen molar-refractivity contribution in [3.8, 4) is 0 Å². The zero-order chi connectivity index (χ0) is 11.1. The summed E-state index contributed by atoms with van der Waals surface area (Å²) in [5.41, 5.74) is 0. The molecule has 0 aromatic carbocycles. The maximum Gasteiger partial charge on any atom is 0.166 e. The molecule has 0 amide bonds. The van der Waals surface area contributed by atoms with Gasteiger partial charge in [0, 0.05) is 33.4 Å². The molecule has 1 saturated carbocycles. The molecule has 1 aliphatic carbocycles. The van der Waals surface area contributed by atoms with Gasteiger partial charge in [-0.05, 0) is 12.8 Å². The summed E-state index contributed by atoms with van der Waals surface area (Å²) in [6.45, 7) is 3.99. The van der Waals surface area contributed by atoms with Crippen LogP contribution in [-0.2, 0) is 19.0 Å². The molecule has 0 spiro atoms. The maximum atomic E-state index is 11.2. The van der Waals surface area contributed by atoms with Gasteiger partial charge in [0.1, 0.15) is 6.10 Å². The van der Waals surface area contributed by atoms with Crippen molar-refractivity contribution in [1.82, 2.24) is 0 Å². The molecule has 4 heteroatoms. The highest BCUT2D eigenvalue weighted by molar-refractivity contribution is 5.90. The van der Waals surface area contributed by atoms with Crippen molar-refractivity contribution < 1.29 is 19.0 Å². The van der Waals surface area contributed by atoms with E-state index in [1.165, 1.54) is 0 Å². The van der Waals surface area contributed by atoms with Crippen LogP contribution in [-0.4, -0.2) is 44.9 Å². The third-order valence-electron chi connectivity index (χ3n) is 2.38. The molecule has 0 aliphatic heterocycles. The molecule has 2 unspecified atom stereocenters. The predicted octanol–water partition coefficient (Wildman–Crippen LogP) is 1.18. The van der Waals surface area contributed by atoms with Gasteiger partial charge in [0.05, 0.1) is 6.10 Å². The Bertz CT molecular complexity index is 193. The van der Waals surface area contributed by atoms with Crippen LogP contribution >= 0.6 is 0 Å². The van der Waals surface area contributed by atoms with E-state index < -0.39 is 0 Å². The zero-order valence-electron chi connectivity index (χ0n) is 9.53. The van der Waals surface area contributed by atoms with Gasteiger partial charge in [0.25, 0.3) is 0 Å². The average molecular weight is 216 g/mol. The van der Waals surface area contributed by atoms with Crippen molar-refractivity contribution in [2.75, 3.05) is 26.9 Å². The summed E-state index contributed by atoms with van der Waals surface area (Å²) in [7, 11) is 1.67. The number of ketones is 1. The summed E-state index contributed by atoms with van der Waals surface area (Å²) < 4.78 is 15.8. The van der Waals surface area contributed by atoms with Crippen molar-refractivity contribution in [2.45, 2.75) is 38.4 Å². The van der Waals surface area contributed by atoms with Gasteiger partial charge < -0.3 is 14.2 Å².